The molecule has 21 heavy (non-hydrogen) atoms. The zero-order valence-corrected chi connectivity index (χ0v) is 14.3. The lowest BCUT2D eigenvalue weighted by Gasteiger charge is -2.43. The maximum atomic E-state index is 4.00. The minimum absolute atomic E-state index is 0.762. The van der Waals surface area contributed by atoms with E-state index in [1.165, 1.54) is 77.2 Å². The Morgan fingerprint density at radius 1 is 0.905 bits per heavy atom. The van der Waals surface area contributed by atoms with Crippen LogP contribution in [0.1, 0.15) is 77.6 Å². The van der Waals surface area contributed by atoms with Crippen LogP contribution in [-0.2, 0) is 0 Å². The maximum absolute atomic E-state index is 4.00. The molecule has 0 aromatic heterocycles. The predicted octanol–water partition coefficient (Wildman–Crippen LogP) is 4.20. The molecule has 3 fully saturated rings. The Morgan fingerprint density at radius 3 is 2.43 bits per heavy atom. The summed E-state index contributed by atoms with van der Waals surface area (Å²) in [5, 5.41) is 4.00. The third-order valence-corrected chi connectivity index (χ3v) is 6.77. The van der Waals surface area contributed by atoms with Gasteiger partial charge < -0.3 is 10.2 Å². The van der Waals surface area contributed by atoms with E-state index in [1.54, 1.807) is 0 Å². The fourth-order valence-electron chi connectivity index (χ4n) is 5.21. The van der Waals surface area contributed by atoms with E-state index in [9.17, 15) is 0 Å². The summed E-state index contributed by atoms with van der Waals surface area (Å²) in [5.41, 5.74) is 0. The van der Waals surface area contributed by atoms with Crippen molar-refractivity contribution < 1.29 is 0 Å². The predicted molar refractivity (Wildman–Crippen MR) is 90.6 cm³/mol. The fraction of sp³-hybridized carbons (Fsp3) is 1.00. The highest BCUT2D eigenvalue weighted by Crippen LogP contribution is 2.33. The summed E-state index contributed by atoms with van der Waals surface area (Å²) in [6, 6.07) is 2.47. The molecule has 0 aromatic carbocycles. The first-order chi connectivity index (χ1) is 10.3. The minimum Gasteiger partial charge on any atom is -0.310 e. The zero-order chi connectivity index (χ0) is 14.7. The van der Waals surface area contributed by atoms with Crippen molar-refractivity contribution >= 4 is 0 Å². The van der Waals surface area contributed by atoms with Crippen LogP contribution < -0.4 is 5.32 Å². The summed E-state index contributed by atoms with van der Waals surface area (Å²) in [7, 11) is 2.38. The normalized spacial score (nSPS) is 41.0. The van der Waals surface area contributed by atoms with E-state index in [2.05, 4.69) is 24.2 Å². The van der Waals surface area contributed by atoms with Gasteiger partial charge in [0.2, 0.25) is 0 Å². The molecular formula is C19H36N2. The standard InChI is InChI=1S/C19H36N2/c1-3-15-8-12-18(13-9-15)21(2)14-17-11-10-16-6-4-5-7-19(16)20-17/h15-20H,3-14H2,1-2H3. The number of piperidine rings is 1. The highest BCUT2D eigenvalue weighted by atomic mass is 15.2. The average Bonchev–Trinajstić information content (AvgIpc) is 2.55. The molecule has 3 rings (SSSR count). The largest absolute Gasteiger partial charge is 0.310 e. The van der Waals surface area contributed by atoms with Crippen LogP contribution in [0.25, 0.3) is 0 Å². The Labute approximate surface area is 132 Å². The highest BCUT2D eigenvalue weighted by molar-refractivity contribution is 4.91. The number of fused-ring (bicyclic) bond motifs is 1. The second-order valence-corrected chi connectivity index (χ2v) is 8.11. The lowest BCUT2D eigenvalue weighted by Crippen LogP contribution is -2.53. The molecule has 1 heterocycles. The van der Waals surface area contributed by atoms with Gasteiger partial charge in [0.15, 0.2) is 0 Å². The third-order valence-electron chi connectivity index (χ3n) is 6.77. The molecule has 0 bridgehead atoms. The summed E-state index contributed by atoms with van der Waals surface area (Å²) in [5.74, 6) is 2.02. The quantitative estimate of drug-likeness (QED) is 0.835. The van der Waals surface area contributed by atoms with Crippen molar-refractivity contribution in [3.8, 4) is 0 Å². The molecule has 3 atom stereocenters. The lowest BCUT2D eigenvalue weighted by molar-refractivity contribution is 0.115. The van der Waals surface area contributed by atoms with E-state index < -0.39 is 0 Å². The summed E-state index contributed by atoms with van der Waals surface area (Å²) in [4.78, 5) is 2.69. The second-order valence-electron chi connectivity index (χ2n) is 8.11. The smallest absolute Gasteiger partial charge is 0.0197 e. The van der Waals surface area contributed by atoms with Crippen LogP contribution in [0.4, 0.5) is 0 Å². The Balaban J connectivity index is 1.43. The van der Waals surface area contributed by atoms with Crippen LogP contribution in [-0.4, -0.2) is 36.6 Å². The van der Waals surface area contributed by atoms with Gasteiger partial charge in [0.1, 0.15) is 0 Å². The first kappa shape index (κ1) is 15.8. The highest BCUT2D eigenvalue weighted by Gasteiger charge is 2.33. The van der Waals surface area contributed by atoms with Crippen molar-refractivity contribution in [3.63, 3.8) is 0 Å². The third kappa shape index (κ3) is 4.01. The van der Waals surface area contributed by atoms with Gasteiger partial charge >= 0.3 is 0 Å². The topological polar surface area (TPSA) is 15.3 Å². The Kier molecular flexibility index (Phi) is 5.61. The van der Waals surface area contributed by atoms with Crippen molar-refractivity contribution in [2.45, 2.75) is 95.7 Å². The second kappa shape index (κ2) is 7.46. The van der Waals surface area contributed by atoms with Gasteiger partial charge in [-0.15, -0.1) is 0 Å². The molecule has 0 radical (unpaired) electrons. The molecule has 2 heteroatoms. The molecule has 2 nitrogen and oxygen atoms in total. The van der Waals surface area contributed by atoms with Crippen LogP contribution in [0, 0.1) is 11.8 Å². The number of hydrogen-bond donors (Lipinski definition) is 1. The zero-order valence-electron chi connectivity index (χ0n) is 14.3. The number of nitrogens with zero attached hydrogens (tertiary/aromatic N) is 1. The molecule has 2 aliphatic carbocycles. The molecule has 1 saturated heterocycles. The van der Waals surface area contributed by atoms with Crippen molar-refractivity contribution in [1.29, 1.82) is 0 Å². The van der Waals surface area contributed by atoms with Gasteiger partial charge in [0, 0.05) is 24.7 Å². The Morgan fingerprint density at radius 2 is 1.67 bits per heavy atom. The van der Waals surface area contributed by atoms with E-state index in [4.69, 9.17) is 0 Å². The molecule has 0 spiro atoms. The van der Waals surface area contributed by atoms with Crippen LogP contribution >= 0.6 is 0 Å². The van der Waals surface area contributed by atoms with Gasteiger partial charge in [0.25, 0.3) is 0 Å². The summed E-state index contributed by atoms with van der Waals surface area (Å²) < 4.78 is 0. The molecular weight excluding hydrogens is 256 g/mol. The van der Waals surface area contributed by atoms with E-state index >= 15 is 0 Å². The van der Waals surface area contributed by atoms with Crippen molar-refractivity contribution in [1.82, 2.24) is 10.2 Å². The SMILES string of the molecule is CCC1CCC(N(C)CC2CCC3CCCCC3N2)CC1. The monoisotopic (exact) mass is 292 g/mol. The van der Waals surface area contributed by atoms with E-state index in [0.717, 1.165) is 30.0 Å². The molecule has 122 valence electrons. The van der Waals surface area contributed by atoms with E-state index in [1.807, 2.05) is 0 Å². The maximum Gasteiger partial charge on any atom is 0.0197 e. The van der Waals surface area contributed by atoms with Crippen molar-refractivity contribution in [3.05, 3.63) is 0 Å². The van der Waals surface area contributed by atoms with Gasteiger partial charge in [-0.2, -0.15) is 0 Å². The van der Waals surface area contributed by atoms with E-state index in [-0.39, 0.29) is 0 Å². The number of likely N-dealkylation sites (N-methyl/N-ethyl adjacent to an activating group) is 1. The van der Waals surface area contributed by atoms with Crippen LogP contribution in [0.2, 0.25) is 0 Å². The molecule has 3 aliphatic rings. The molecule has 0 aromatic rings. The Hall–Kier alpha value is -0.0800. The van der Waals surface area contributed by atoms with Gasteiger partial charge in [-0.3, -0.25) is 0 Å². The molecule has 0 amide bonds. The molecule has 1 N–H and O–H groups in total. The number of hydrogen-bond acceptors (Lipinski definition) is 2. The van der Waals surface area contributed by atoms with Gasteiger partial charge in [0.05, 0.1) is 0 Å². The van der Waals surface area contributed by atoms with Gasteiger partial charge in [-0.1, -0.05) is 26.2 Å². The average molecular weight is 293 g/mol. The van der Waals surface area contributed by atoms with Crippen molar-refractivity contribution in [2.24, 2.45) is 11.8 Å². The van der Waals surface area contributed by atoms with Crippen LogP contribution in [0.15, 0.2) is 0 Å². The molecule has 3 unspecified atom stereocenters. The van der Waals surface area contributed by atoms with Crippen molar-refractivity contribution in [2.75, 3.05) is 13.6 Å². The molecule has 1 aliphatic heterocycles. The first-order valence-corrected chi connectivity index (χ1v) is 9.72. The summed E-state index contributed by atoms with van der Waals surface area (Å²) in [6.07, 6.45) is 16.0. The summed E-state index contributed by atoms with van der Waals surface area (Å²) in [6.45, 7) is 3.64. The fourth-order valence-corrected chi connectivity index (χ4v) is 5.21. The van der Waals surface area contributed by atoms with E-state index in [0.29, 0.717) is 0 Å². The van der Waals surface area contributed by atoms with Crippen LogP contribution in [0.3, 0.4) is 0 Å². The minimum atomic E-state index is 0.762. The number of nitrogens with one attached hydrogen (secondary N) is 1. The lowest BCUT2D eigenvalue weighted by atomic mass is 9.77. The Bertz CT molecular complexity index is 309. The molecule has 2 saturated carbocycles. The van der Waals surface area contributed by atoms with Gasteiger partial charge in [-0.25, -0.2) is 0 Å². The first-order valence-electron chi connectivity index (χ1n) is 9.72. The number of rotatable bonds is 4. The van der Waals surface area contributed by atoms with Crippen LogP contribution in [0.5, 0.6) is 0 Å². The summed E-state index contributed by atoms with van der Waals surface area (Å²) >= 11 is 0. The van der Waals surface area contributed by atoms with Gasteiger partial charge in [-0.05, 0) is 70.3 Å².